The second kappa shape index (κ2) is 7.78. The fourth-order valence-corrected chi connectivity index (χ4v) is 2.81. The maximum absolute atomic E-state index is 12.0. The topological polar surface area (TPSA) is 95.2 Å². The first kappa shape index (κ1) is 18.3. The molecule has 0 spiro atoms. The summed E-state index contributed by atoms with van der Waals surface area (Å²) in [5.41, 5.74) is 3.57. The van der Waals surface area contributed by atoms with Crippen molar-refractivity contribution in [1.82, 2.24) is 9.97 Å². The van der Waals surface area contributed by atoms with Crippen LogP contribution in [-0.2, 0) is 4.79 Å². The van der Waals surface area contributed by atoms with Crippen molar-refractivity contribution < 1.29 is 14.6 Å². The normalized spacial score (nSPS) is 10.4. The molecule has 2 aromatic heterocycles. The molecule has 4 aromatic rings. The number of H-pyrrole nitrogens is 2. The molecule has 0 fully saturated rings. The molecule has 0 aliphatic rings. The minimum atomic E-state index is -0.745. The van der Waals surface area contributed by atoms with Crippen LogP contribution in [0.15, 0.2) is 59.5 Å². The summed E-state index contributed by atoms with van der Waals surface area (Å²) < 4.78 is 5.19. The highest BCUT2D eigenvalue weighted by Crippen LogP contribution is 2.28. The van der Waals surface area contributed by atoms with E-state index in [0.29, 0.717) is 5.52 Å². The first-order valence-electron chi connectivity index (χ1n) is 8.52. The zero-order chi connectivity index (χ0) is 19.4. The second-order valence-corrected chi connectivity index (χ2v) is 5.96. The average Bonchev–Trinajstić information content (AvgIpc) is 3.19. The van der Waals surface area contributed by atoms with Crippen molar-refractivity contribution in [1.29, 1.82) is 0 Å². The van der Waals surface area contributed by atoms with Gasteiger partial charge in [0, 0.05) is 28.9 Å². The third-order valence-electron chi connectivity index (χ3n) is 4.26. The number of methoxy groups -OCH3 is 1. The van der Waals surface area contributed by atoms with Gasteiger partial charge in [-0.25, -0.2) is 0 Å². The highest BCUT2D eigenvalue weighted by Gasteiger charge is 2.07. The number of carbonyl (C=O) groups is 1. The smallest absolute Gasteiger partial charge is 0.303 e. The molecule has 0 amide bonds. The van der Waals surface area contributed by atoms with Gasteiger partial charge in [0.2, 0.25) is 0 Å². The van der Waals surface area contributed by atoms with Crippen molar-refractivity contribution in [3.8, 4) is 16.9 Å². The molecule has 0 bridgehead atoms. The lowest BCUT2D eigenvalue weighted by Gasteiger charge is -2.06. The van der Waals surface area contributed by atoms with Crippen LogP contribution >= 0.6 is 0 Å². The molecule has 0 radical (unpaired) electrons. The SMILES string of the molecule is CCC(=O)O.COc1ccc(-c2ccc3[nH]c(=O)c4[nH]ccc4c3c2)cc1. The minimum absolute atomic E-state index is 0.0929. The zero-order valence-corrected chi connectivity index (χ0v) is 15.1. The van der Waals surface area contributed by atoms with E-state index in [0.717, 1.165) is 33.2 Å². The van der Waals surface area contributed by atoms with Gasteiger partial charge in [0.05, 0.1) is 7.11 Å². The Hall–Kier alpha value is -3.54. The van der Waals surface area contributed by atoms with Gasteiger partial charge in [-0.1, -0.05) is 25.1 Å². The van der Waals surface area contributed by atoms with Crippen LogP contribution in [0.5, 0.6) is 5.75 Å². The third-order valence-corrected chi connectivity index (χ3v) is 4.26. The molecule has 0 aliphatic carbocycles. The molecule has 27 heavy (non-hydrogen) atoms. The van der Waals surface area contributed by atoms with E-state index < -0.39 is 5.97 Å². The molecule has 0 saturated heterocycles. The van der Waals surface area contributed by atoms with E-state index in [-0.39, 0.29) is 12.0 Å². The maximum Gasteiger partial charge on any atom is 0.303 e. The Labute approximate surface area is 155 Å². The number of carboxylic acid groups (broad SMARTS) is 1. The number of rotatable bonds is 3. The van der Waals surface area contributed by atoms with Gasteiger partial charge < -0.3 is 19.8 Å². The van der Waals surface area contributed by atoms with Gasteiger partial charge in [-0.15, -0.1) is 0 Å². The molecule has 0 aliphatic heterocycles. The second-order valence-electron chi connectivity index (χ2n) is 5.96. The number of aliphatic carboxylic acids is 1. The average molecular weight is 364 g/mol. The molecule has 2 heterocycles. The number of benzene rings is 2. The summed E-state index contributed by atoms with van der Waals surface area (Å²) in [7, 11) is 1.66. The quantitative estimate of drug-likeness (QED) is 0.508. The highest BCUT2D eigenvalue weighted by atomic mass is 16.5. The Morgan fingerprint density at radius 2 is 1.70 bits per heavy atom. The Balaban J connectivity index is 0.000000376. The largest absolute Gasteiger partial charge is 0.497 e. The third kappa shape index (κ3) is 3.84. The first-order chi connectivity index (χ1) is 13.0. The van der Waals surface area contributed by atoms with Crippen LogP contribution in [0.25, 0.3) is 32.9 Å². The molecule has 6 nitrogen and oxygen atoms in total. The molecule has 0 atom stereocenters. The summed E-state index contributed by atoms with van der Waals surface area (Å²) >= 11 is 0. The van der Waals surface area contributed by atoms with Crippen LogP contribution in [0.4, 0.5) is 0 Å². The Morgan fingerprint density at radius 1 is 1.04 bits per heavy atom. The summed E-state index contributed by atoms with van der Waals surface area (Å²) in [5.74, 6) is 0.0897. The molecule has 138 valence electrons. The van der Waals surface area contributed by atoms with Gasteiger partial charge in [-0.3, -0.25) is 9.59 Å². The van der Waals surface area contributed by atoms with E-state index in [9.17, 15) is 9.59 Å². The molecule has 2 aromatic carbocycles. The predicted molar refractivity (Wildman–Crippen MR) is 106 cm³/mol. The van der Waals surface area contributed by atoms with Crippen molar-refractivity contribution in [2.24, 2.45) is 0 Å². The van der Waals surface area contributed by atoms with Crippen LogP contribution in [0.2, 0.25) is 0 Å². The van der Waals surface area contributed by atoms with E-state index in [1.54, 1.807) is 20.2 Å². The summed E-state index contributed by atoms with van der Waals surface area (Å²) in [4.78, 5) is 27.2. The lowest BCUT2D eigenvalue weighted by molar-refractivity contribution is -0.136. The number of aromatic nitrogens is 2. The van der Waals surface area contributed by atoms with Crippen LogP contribution in [0.3, 0.4) is 0 Å². The van der Waals surface area contributed by atoms with Crippen molar-refractivity contribution in [2.75, 3.05) is 7.11 Å². The standard InChI is InChI=1S/C18H14N2O2.C3H6O2/c1-22-13-5-2-11(3-6-13)12-4-7-16-15(10-12)14-8-9-19-17(14)18(21)20-16;1-2-3(4)5/h2-10,19H,1H3,(H,20,21);2H2,1H3,(H,4,5). The van der Waals surface area contributed by atoms with Gasteiger partial charge >= 0.3 is 5.97 Å². The number of carboxylic acids is 1. The summed E-state index contributed by atoms with van der Waals surface area (Å²) in [6, 6.07) is 15.9. The fourth-order valence-electron chi connectivity index (χ4n) is 2.81. The van der Waals surface area contributed by atoms with Crippen LogP contribution in [0, 0.1) is 0 Å². The van der Waals surface area contributed by atoms with Crippen LogP contribution < -0.4 is 10.3 Å². The van der Waals surface area contributed by atoms with Gasteiger partial charge in [0.1, 0.15) is 11.3 Å². The van der Waals surface area contributed by atoms with E-state index in [2.05, 4.69) is 16.0 Å². The molecule has 4 rings (SSSR count). The monoisotopic (exact) mass is 364 g/mol. The molecule has 6 heteroatoms. The van der Waals surface area contributed by atoms with Gasteiger partial charge in [0.25, 0.3) is 5.56 Å². The van der Waals surface area contributed by atoms with Gasteiger partial charge in [-0.05, 0) is 41.5 Å². The number of hydrogen-bond acceptors (Lipinski definition) is 3. The molecule has 0 unspecified atom stereocenters. The number of ether oxygens (including phenoxy) is 1. The first-order valence-corrected chi connectivity index (χ1v) is 8.52. The Bertz CT molecular complexity index is 1140. The van der Waals surface area contributed by atoms with Crippen molar-refractivity contribution in [3.05, 3.63) is 65.1 Å². The van der Waals surface area contributed by atoms with E-state index >= 15 is 0 Å². The van der Waals surface area contributed by atoms with Gasteiger partial charge in [-0.2, -0.15) is 0 Å². The van der Waals surface area contributed by atoms with Crippen LogP contribution in [-0.4, -0.2) is 28.2 Å². The summed E-state index contributed by atoms with van der Waals surface area (Å²) in [6.07, 6.45) is 2.01. The van der Waals surface area contributed by atoms with E-state index in [1.165, 1.54) is 0 Å². The summed E-state index contributed by atoms with van der Waals surface area (Å²) in [5, 5.41) is 9.69. The number of aromatic amines is 2. The Kier molecular flexibility index (Phi) is 5.26. The lowest BCUT2D eigenvalue weighted by Crippen LogP contribution is -2.05. The van der Waals surface area contributed by atoms with Gasteiger partial charge in [0.15, 0.2) is 0 Å². The Morgan fingerprint density at radius 3 is 2.33 bits per heavy atom. The minimum Gasteiger partial charge on any atom is -0.497 e. The van der Waals surface area contributed by atoms with Crippen molar-refractivity contribution in [3.63, 3.8) is 0 Å². The van der Waals surface area contributed by atoms with Crippen molar-refractivity contribution in [2.45, 2.75) is 13.3 Å². The summed E-state index contributed by atoms with van der Waals surface area (Å²) in [6.45, 7) is 1.60. The molecular weight excluding hydrogens is 344 g/mol. The maximum atomic E-state index is 12.0. The number of fused-ring (bicyclic) bond motifs is 3. The van der Waals surface area contributed by atoms with E-state index in [4.69, 9.17) is 9.84 Å². The lowest BCUT2D eigenvalue weighted by atomic mass is 10.0. The van der Waals surface area contributed by atoms with Crippen LogP contribution in [0.1, 0.15) is 13.3 Å². The highest BCUT2D eigenvalue weighted by molar-refractivity contribution is 6.05. The predicted octanol–water partition coefficient (Wildman–Crippen LogP) is 4.17. The molecule has 3 N–H and O–H groups in total. The van der Waals surface area contributed by atoms with E-state index in [1.807, 2.05) is 42.5 Å². The number of hydrogen-bond donors (Lipinski definition) is 3. The molecular formula is C21H20N2O4. The zero-order valence-electron chi connectivity index (χ0n) is 15.1. The number of nitrogens with one attached hydrogen (secondary N) is 2. The fraction of sp³-hybridized carbons (Fsp3) is 0.143. The number of pyridine rings is 1. The van der Waals surface area contributed by atoms with Crippen molar-refractivity contribution >= 4 is 27.8 Å². The molecule has 0 saturated carbocycles.